The zero-order chi connectivity index (χ0) is 20.4. The van der Waals surface area contributed by atoms with Crippen LogP contribution in [-0.4, -0.2) is 55.6 Å². The first-order valence-electron chi connectivity index (χ1n) is 9.62. The monoisotopic (exact) mass is 416 g/mol. The van der Waals surface area contributed by atoms with Crippen molar-refractivity contribution in [2.24, 2.45) is 0 Å². The number of halogens is 2. The summed E-state index contributed by atoms with van der Waals surface area (Å²) in [7, 11) is 0. The maximum absolute atomic E-state index is 13.5. The van der Waals surface area contributed by atoms with E-state index in [1.807, 2.05) is 24.3 Å². The smallest absolute Gasteiger partial charge is 0.317 e. The van der Waals surface area contributed by atoms with Crippen molar-refractivity contribution in [1.29, 1.82) is 0 Å². The van der Waals surface area contributed by atoms with E-state index in [4.69, 9.17) is 11.6 Å². The number of carbonyl (C=O) groups is 2. The third-order valence-corrected chi connectivity index (χ3v) is 5.65. The number of hydrogen-bond acceptors (Lipinski definition) is 3. The number of piperazine rings is 1. The fraction of sp³-hybridized carbons (Fsp3) is 0.333. The Morgan fingerprint density at radius 2 is 1.83 bits per heavy atom. The molecule has 0 bridgehead atoms. The molecule has 1 atom stereocenters. The van der Waals surface area contributed by atoms with Crippen molar-refractivity contribution in [3.05, 3.63) is 59.4 Å². The Labute approximate surface area is 173 Å². The van der Waals surface area contributed by atoms with Crippen molar-refractivity contribution in [3.8, 4) is 0 Å². The normalized spacial score (nSPS) is 19.6. The number of carbonyl (C=O) groups excluding carboxylic acids is 2. The summed E-state index contributed by atoms with van der Waals surface area (Å²) in [6, 6.07) is 13.1. The Balaban J connectivity index is 1.31. The van der Waals surface area contributed by atoms with Crippen LogP contribution in [0.25, 0.3) is 0 Å². The van der Waals surface area contributed by atoms with Crippen molar-refractivity contribution >= 4 is 34.9 Å². The van der Waals surface area contributed by atoms with Crippen LogP contribution < -0.4 is 15.1 Å². The third-order valence-electron chi connectivity index (χ3n) is 5.33. The molecule has 152 valence electrons. The van der Waals surface area contributed by atoms with Gasteiger partial charge in [-0.1, -0.05) is 29.8 Å². The van der Waals surface area contributed by atoms with Gasteiger partial charge in [-0.3, -0.25) is 4.79 Å². The van der Waals surface area contributed by atoms with E-state index in [0.29, 0.717) is 43.4 Å². The predicted molar refractivity (Wildman–Crippen MR) is 111 cm³/mol. The number of hydrogen-bond donors (Lipinski definition) is 1. The van der Waals surface area contributed by atoms with Gasteiger partial charge in [-0.15, -0.1) is 0 Å². The molecular formula is C21H22ClFN4O2. The second-order valence-electron chi connectivity index (χ2n) is 7.26. The number of nitrogens with zero attached hydrogens (tertiary/aromatic N) is 3. The fourth-order valence-corrected chi connectivity index (χ4v) is 4.08. The molecule has 0 spiro atoms. The number of rotatable bonds is 3. The highest BCUT2D eigenvalue weighted by atomic mass is 35.5. The molecule has 0 aromatic heterocycles. The lowest BCUT2D eigenvalue weighted by molar-refractivity contribution is -0.117. The van der Waals surface area contributed by atoms with E-state index >= 15 is 0 Å². The van der Waals surface area contributed by atoms with Gasteiger partial charge in [0.2, 0.25) is 5.91 Å². The van der Waals surface area contributed by atoms with Gasteiger partial charge < -0.3 is 20.0 Å². The maximum Gasteiger partial charge on any atom is 0.317 e. The molecule has 1 N–H and O–H groups in total. The maximum atomic E-state index is 13.5. The molecule has 0 radical (unpaired) electrons. The Kier molecular flexibility index (Phi) is 5.58. The van der Waals surface area contributed by atoms with Crippen LogP contribution in [0.1, 0.15) is 6.42 Å². The van der Waals surface area contributed by atoms with Gasteiger partial charge >= 0.3 is 6.03 Å². The highest BCUT2D eigenvalue weighted by Gasteiger charge is 2.33. The van der Waals surface area contributed by atoms with Gasteiger partial charge in [0, 0.05) is 44.8 Å². The van der Waals surface area contributed by atoms with E-state index in [-0.39, 0.29) is 30.2 Å². The minimum atomic E-state index is -0.390. The highest BCUT2D eigenvalue weighted by Crippen LogP contribution is 2.26. The van der Waals surface area contributed by atoms with Crippen molar-refractivity contribution < 1.29 is 14.0 Å². The predicted octanol–water partition coefficient (Wildman–Crippen LogP) is 3.12. The van der Waals surface area contributed by atoms with Gasteiger partial charge in [0.15, 0.2) is 0 Å². The van der Waals surface area contributed by atoms with Crippen LogP contribution in [0.5, 0.6) is 0 Å². The standard InChI is InChI=1S/C21H22ClFN4O2/c22-18-6-1-2-7-19(18)25-8-10-26(11-9-25)21(29)24-16-13-20(28)27(14-16)17-5-3-4-15(23)12-17/h1-7,12,16H,8-11,13-14H2,(H,24,29)/t16-/m1/s1. The zero-order valence-corrected chi connectivity index (χ0v) is 16.6. The second kappa shape index (κ2) is 8.29. The van der Waals surface area contributed by atoms with Crippen LogP contribution in [0.15, 0.2) is 48.5 Å². The number of para-hydroxylation sites is 1. The number of nitrogens with one attached hydrogen (secondary N) is 1. The van der Waals surface area contributed by atoms with Gasteiger partial charge in [0.05, 0.1) is 16.8 Å². The number of urea groups is 1. The number of benzene rings is 2. The minimum Gasteiger partial charge on any atom is -0.367 e. The summed E-state index contributed by atoms with van der Waals surface area (Å²) in [5.74, 6) is -0.511. The summed E-state index contributed by atoms with van der Waals surface area (Å²) in [4.78, 5) is 30.4. The summed E-state index contributed by atoms with van der Waals surface area (Å²) >= 11 is 6.26. The molecule has 0 saturated carbocycles. The lowest BCUT2D eigenvalue weighted by atomic mass is 10.2. The van der Waals surface area contributed by atoms with Crippen LogP contribution in [-0.2, 0) is 4.79 Å². The minimum absolute atomic E-state index is 0.121. The van der Waals surface area contributed by atoms with E-state index in [1.54, 1.807) is 17.0 Å². The summed E-state index contributed by atoms with van der Waals surface area (Å²) in [6.45, 7) is 2.87. The molecule has 8 heteroatoms. The van der Waals surface area contributed by atoms with Crippen LogP contribution in [0.4, 0.5) is 20.6 Å². The van der Waals surface area contributed by atoms with Crippen LogP contribution in [0.2, 0.25) is 5.02 Å². The first-order chi connectivity index (χ1) is 14.0. The highest BCUT2D eigenvalue weighted by molar-refractivity contribution is 6.33. The summed E-state index contributed by atoms with van der Waals surface area (Å²) in [5.41, 5.74) is 1.49. The molecule has 2 aliphatic rings. The number of amides is 3. The van der Waals surface area contributed by atoms with Gasteiger partial charge in [0.1, 0.15) is 5.82 Å². The van der Waals surface area contributed by atoms with Crippen LogP contribution in [0, 0.1) is 5.82 Å². The quantitative estimate of drug-likeness (QED) is 0.836. The first kappa shape index (κ1) is 19.5. The molecule has 2 aliphatic heterocycles. The van der Waals surface area contributed by atoms with E-state index in [9.17, 15) is 14.0 Å². The van der Waals surface area contributed by atoms with E-state index in [0.717, 1.165) is 5.69 Å². The van der Waals surface area contributed by atoms with Gasteiger partial charge in [-0.25, -0.2) is 9.18 Å². The summed E-state index contributed by atoms with van der Waals surface area (Å²) < 4.78 is 13.5. The zero-order valence-electron chi connectivity index (χ0n) is 15.9. The Bertz CT molecular complexity index is 917. The van der Waals surface area contributed by atoms with E-state index < -0.39 is 0 Å². The molecule has 6 nitrogen and oxygen atoms in total. The molecular weight excluding hydrogens is 395 g/mol. The Morgan fingerprint density at radius 3 is 2.55 bits per heavy atom. The Morgan fingerprint density at radius 1 is 1.07 bits per heavy atom. The molecule has 2 aromatic rings. The molecule has 4 rings (SSSR count). The lowest BCUT2D eigenvalue weighted by Crippen LogP contribution is -2.54. The molecule has 0 aliphatic carbocycles. The molecule has 2 saturated heterocycles. The SMILES string of the molecule is O=C(N[C@@H]1CC(=O)N(c2cccc(F)c2)C1)N1CCN(c2ccccc2Cl)CC1. The first-order valence-corrected chi connectivity index (χ1v) is 10.00. The average molecular weight is 417 g/mol. The topological polar surface area (TPSA) is 55.9 Å². The van der Waals surface area contributed by atoms with Crippen LogP contribution >= 0.6 is 11.6 Å². The Hall–Kier alpha value is -2.80. The van der Waals surface area contributed by atoms with Crippen molar-refractivity contribution in [1.82, 2.24) is 10.2 Å². The van der Waals surface area contributed by atoms with Gasteiger partial charge in [-0.2, -0.15) is 0 Å². The number of anilines is 2. The van der Waals surface area contributed by atoms with Gasteiger partial charge in [0.25, 0.3) is 0 Å². The second-order valence-corrected chi connectivity index (χ2v) is 7.67. The fourth-order valence-electron chi connectivity index (χ4n) is 3.82. The van der Waals surface area contributed by atoms with Crippen molar-refractivity contribution in [2.45, 2.75) is 12.5 Å². The summed E-state index contributed by atoms with van der Waals surface area (Å²) in [5, 5.41) is 3.65. The molecule has 2 heterocycles. The van der Waals surface area contributed by atoms with Crippen molar-refractivity contribution in [3.63, 3.8) is 0 Å². The average Bonchev–Trinajstić information content (AvgIpc) is 3.08. The largest absolute Gasteiger partial charge is 0.367 e. The van der Waals surface area contributed by atoms with E-state index in [2.05, 4.69) is 10.2 Å². The molecule has 2 fully saturated rings. The van der Waals surface area contributed by atoms with Crippen LogP contribution in [0.3, 0.4) is 0 Å². The summed E-state index contributed by atoms with van der Waals surface area (Å²) in [6.07, 6.45) is 0.210. The van der Waals surface area contributed by atoms with Crippen molar-refractivity contribution in [2.75, 3.05) is 42.5 Å². The molecule has 0 unspecified atom stereocenters. The lowest BCUT2D eigenvalue weighted by Gasteiger charge is -2.36. The van der Waals surface area contributed by atoms with E-state index in [1.165, 1.54) is 17.0 Å². The molecule has 2 aromatic carbocycles. The molecule has 29 heavy (non-hydrogen) atoms. The third kappa shape index (κ3) is 4.29. The van der Waals surface area contributed by atoms with Gasteiger partial charge in [-0.05, 0) is 30.3 Å². The molecule has 3 amide bonds.